The summed E-state index contributed by atoms with van der Waals surface area (Å²) in [7, 11) is 0. The number of nitrogens with one attached hydrogen (secondary N) is 1. The van der Waals surface area contributed by atoms with E-state index < -0.39 is 0 Å². The molecule has 0 aromatic heterocycles. The van der Waals surface area contributed by atoms with E-state index in [-0.39, 0.29) is 11.3 Å². The molecule has 1 aromatic rings. The van der Waals surface area contributed by atoms with E-state index in [1.807, 2.05) is 18.2 Å². The Balaban J connectivity index is 2.04. The summed E-state index contributed by atoms with van der Waals surface area (Å²) in [5, 5.41) is 3.11. The van der Waals surface area contributed by atoms with Crippen molar-refractivity contribution in [2.75, 3.05) is 5.32 Å². The lowest BCUT2D eigenvalue weighted by atomic mass is 9.86. The van der Waals surface area contributed by atoms with Crippen LogP contribution in [0.5, 0.6) is 0 Å². The van der Waals surface area contributed by atoms with Gasteiger partial charge in [0.25, 0.3) is 0 Å². The van der Waals surface area contributed by atoms with Gasteiger partial charge in [-0.1, -0.05) is 51.8 Å². The van der Waals surface area contributed by atoms with E-state index in [1.54, 1.807) is 0 Å². The van der Waals surface area contributed by atoms with Crippen molar-refractivity contribution in [1.82, 2.24) is 0 Å². The van der Waals surface area contributed by atoms with E-state index in [0.29, 0.717) is 12.3 Å². The van der Waals surface area contributed by atoms with E-state index in [0.717, 1.165) is 5.69 Å². The molecular formula is C17H25NO. The first-order valence-corrected chi connectivity index (χ1v) is 7.36. The molecule has 0 spiro atoms. The van der Waals surface area contributed by atoms with Crippen molar-refractivity contribution in [3.8, 4) is 0 Å². The highest BCUT2D eigenvalue weighted by Gasteiger charge is 2.21. The molecule has 1 saturated carbocycles. The zero-order chi connectivity index (χ0) is 13.9. The van der Waals surface area contributed by atoms with Gasteiger partial charge in [-0.05, 0) is 35.8 Å². The standard InChI is InChI=1S/C17H25NO/c1-17(2,3)14-10-6-7-11-15(14)18-16(19)12-13-8-4-5-9-13/h6-7,10-11,13H,4-5,8-9,12H2,1-3H3,(H,18,19). The highest BCUT2D eigenvalue weighted by molar-refractivity contribution is 5.91. The molecule has 0 heterocycles. The van der Waals surface area contributed by atoms with Crippen molar-refractivity contribution in [2.24, 2.45) is 5.92 Å². The van der Waals surface area contributed by atoms with Gasteiger partial charge in [0.2, 0.25) is 5.91 Å². The Morgan fingerprint density at radius 1 is 1.21 bits per heavy atom. The topological polar surface area (TPSA) is 29.1 Å². The van der Waals surface area contributed by atoms with Crippen molar-refractivity contribution in [2.45, 2.75) is 58.3 Å². The zero-order valence-corrected chi connectivity index (χ0v) is 12.3. The summed E-state index contributed by atoms with van der Waals surface area (Å²) in [6.07, 6.45) is 5.69. The fraction of sp³-hybridized carbons (Fsp3) is 0.588. The Bertz CT molecular complexity index is 439. The zero-order valence-electron chi connectivity index (χ0n) is 12.3. The molecule has 104 valence electrons. The van der Waals surface area contributed by atoms with E-state index in [9.17, 15) is 4.79 Å². The van der Waals surface area contributed by atoms with Crippen molar-refractivity contribution in [3.63, 3.8) is 0 Å². The number of para-hydroxylation sites is 1. The minimum absolute atomic E-state index is 0.0528. The molecule has 19 heavy (non-hydrogen) atoms. The molecule has 0 unspecified atom stereocenters. The molecule has 1 N–H and O–H groups in total. The van der Waals surface area contributed by atoms with E-state index in [1.165, 1.54) is 31.2 Å². The minimum Gasteiger partial charge on any atom is -0.326 e. The molecule has 2 nitrogen and oxygen atoms in total. The molecule has 2 heteroatoms. The fourth-order valence-electron chi connectivity index (χ4n) is 2.92. The van der Waals surface area contributed by atoms with Crippen LogP contribution in [0, 0.1) is 5.92 Å². The molecule has 0 atom stereocenters. The Morgan fingerprint density at radius 2 is 1.84 bits per heavy atom. The van der Waals surface area contributed by atoms with Gasteiger partial charge >= 0.3 is 0 Å². The number of hydrogen-bond acceptors (Lipinski definition) is 1. The largest absolute Gasteiger partial charge is 0.326 e. The number of rotatable bonds is 3. The Kier molecular flexibility index (Phi) is 4.28. The second-order valence-electron chi connectivity index (χ2n) is 6.70. The summed E-state index contributed by atoms with van der Waals surface area (Å²) in [5.74, 6) is 0.769. The lowest BCUT2D eigenvalue weighted by Gasteiger charge is -2.23. The Labute approximate surface area is 116 Å². The van der Waals surface area contributed by atoms with Gasteiger partial charge in [-0.25, -0.2) is 0 Å². The molecule has 1 fully saturated rings. The number of carbonyl (C=O) groups is 1. The summed E-state index contributed by atoms with van der Waals surface area (Å²) >= 11 is 0. The number of amides is 1. The van der Waals surface area contributed by atoms with Gasteiger partial charge in [-0.3, -0.25) is 4.79 Å². The van der Waals surface area contributed by atoms with Gasteiger partial charge in [0, 0.05) is 12.1 Å². The lowest BCUT2D eigenvalue weighted by Crippen LogP contribution is -2.20. The van der Waals surface area contributed by atoms with Gasteiger partial charge < -0.3 is 5.32 Å². The van der Waals surface area contributed by atoms with Crippen molar-refractivity contribution < 1.29 is 4.79 Å². The third-order valence-corrected chi connectivity index (χ3v) is 3.96. The van der Waals surface area contributed by atoms with Crippen LogP contribution in [0.15, 0.2) is 24.3 Å². The molecule has 0 bridgehead atoms. The average molecular weight is 259 g/mol. The SMILES string of the molecule is CC(C)(C)c1ccccc1NC(=O)CC1CCCC1. The smallest absolute Gasteiger partial charge is 0.224 e. The fourth-order valence-corrected chi connectivity index (χ4v) is 2.92. The van der Waals surface area contributed by atoms with E-state index in [4.69, 9.17) is 0 Å². The van der Waals surface area contributed by atoms with E-state index in [2.05, 4.69) is 32.2 Å². The number of carbonyl (C=O) groups excluding carboxylic acids is 1. The lowest BCUT2D eigenvalue weighted by molar-refractivity contribution is -0.117. The van der Waals surface area contributed by atoms with Gasteiger partial charge in [0.05, 0.1) is 0 Å². The predicted octanol–water partition coefficient (Wildman–Crippen LogP) is 4.50. The van der Waals surface area contributed by atoms with Crippen LogP contribution in [0.3, 0.4) is 0 Å². The summed E-state index contributed by atoms with van der Waals surface area (Å²) in [4.78, 5) is 12.1. The molecule has 0 radical (unpaired) electrons. The van der Waals surface area contributed by atoms with Gasteiger partial charge in [-0.15, -0.1) is 0 Å². The third-order valence-electron chi connectivity index (χ3n) is 3.96. The molecule has 1 aliphatic carbocycles. The molecular weight excluding hydrogens is 234 g/mol. The highest BCUT2D eigenvalue weighted by Crippen LogP contribution is 2.31. The number of benzene rings is 1. The summed E-state index contributed by atoms with van der Waals surface area (Å²) in [6.45, 7) is 6.53. The summed E-state index contributed by atoms with van der Waals surface area (Å²) in [6, 6.07) is 8.13. The molecule has 1 aliphatic rings. The summed E-state index contributed by atoms with van der Waals surface area (Å²) in [5.41, 5.74) is 2.23. The number of anilines is 1. The maximum atomic E-state index is 12.1. The first-order valence-electron chi connectivity index (χ1n) is 7.36. The van der Waals surface area contributed by atoms with Crippen LogP contribution >= 0.6 is 0 Å². The number of hydrogen-bond donors (Lipinski definition) is 1. The van der Waals surface area contributed by atoms with Crippen LogP contribution in [0.4, 0.5) is 5.69 Å². The molecule has 1 aromatic carbocycles. The summed E-state index contributed by atoms with van der Waals surface area (Å²) < 4.78 is 0. The monoisotopic (exact) mass is 259 g/mol. The van der Waals surface area contributed by atoms with Crippen molar-refractivity contribution >= 4 is 11.6 Å². The molecule has 2 rings (SSSR count). The van der Waals surface area contributed by atoms with Crippen LogP contribution < -0.4 is 5.32 Å². The maximum absolute atomic E-state index is 12.1. The second kappa shape index (κ2) is 5.77. The minimum atomic E-state index is 0.0528. The van der Waals surface area contributed by atoms with Crippen LogP contribution in [0.1, 0.15) is 58.4 Å². The van der Waals surface area contributed by atoms with Crippen molar-refractivity contribution in [3.05, 3.63) is 29.8 Å². The highest BCUT2D eigenvalue weighted by atomic mass is 16.1. The van der Waals surface area contributed by atoms with Crippen LogP contribution in [0.2, 0.25) is 0 Å². The van der Waals surface area contributed by atoms with Gasteiger partial charge in [-0.2, -0.15) is 0 Å². The predicted molar refractivity (Wildman–Crippen MR) is 80.3 cm³/mol. The van der Waals surface area contributed by atoms with Crippen molar-refractivity contribution in [1.29, 1.82) is 0 Å². The average Bonchev–Trinajstić information content (AvgIpc) is 2.81. The van der Waals surface area contributed by atoms with Crippen LogP contribution in [-0.4, -0.2) is 5.91 Å². The molecule has 0 aliphatic heterocycles. The first-order chi connectivity index (χ1) is 8.97. The second-order valence-corrected chi connectivity index (χ2v) is 6.70. The first kappa shape index (κ1) is 14.1. The van der Waals surface area contributed by atoms with Crippen LogP contribution in [-0.2, 0) is 10.2 Å². The molecule has 0 saturated heterocycles. The third kappa shape index (κ3) is 3.82. The quantitative estimate of drug-likeness (QED) is 0.850. The van der Waals surface area contributed by atoms with Crippen LogP contribution in [0.25, 0.3) is 0 Å². The maximum Gasteiger partial charge on any atom is 0.224 e. The Hall–Kier alpha value is -1.31. The molecule has 1 amide bonds. The van der Waals surface area contributed by atoms with E-state index >= 15 is 0 Å². The normalized spacial score (nSPS) is 16.6. The Morgan fingerprint density at radius 3 is 2.47 bits per heavy atom. The van der Waals surface area contributed by atoms with Gasteiger partial charge in [0.15, 0.2) is 0 Å². The van der Waals surface area contributed by atoms with Gasteiger partial charge in [0.1, 0.15) is 0 Å².